The maximum atomic E-state index is 11.0. The first kappa shape index (κ1) is 6.99. The number of H-pyrrole nitrogens is 1. The number of nitrogens with one attached hydrogen (secondary N) is 1. The van der Waals surface area contributed by atoms with Gasteiger partial charge in [-0.3, -0.25) is 4.79 Å². The Bertz CT molecular complexity index is 264. The van der Waals surface area contributed by atoms with E-state index >= 15 is 0 Å². The molecular formula is C7H10N2O. The van der Waals surface area contributed by atoms with Crippen LogP contribution in [0.25, 0.3) is 0 Å². The lowest BCUT2D eigenvalue weighted by atomic mass is 10.1. The smallest absolute Gasteiger partial charge is 0.254 e. The Hall–Kier alpha value is -1.12. The summed E-state index contributed by atoms with van der Waals surface area (Å²) in [5.41, 5.74) is 0.701. The van der Waals surface area contributed by atoms with Gasteiger partial charge >= 0.3 is 0 Å². The minimum atomic E-state index is -0.0370. The van der Waals surface area contributed by atoms with Crippen LogP contribution in [0.1, 0.15) is 25.3 Å². The zero-order valence-corrected chi connectivity index (χ0v) is 6.09. The average molecular weight is 138 g/mol. The number of rotatable bonds is 1. The summed E-state index contributed by atoms with van der Waals surface area (Å²) in [5.74, 6) is 0.248. The molecule has 0 atom stereocenters. The van der Waals surface area contributed by atoms with Crippen molar-refractivity contribution in [2.75, 3.05) is 0 Å². The third-order valence-corrected chi connectivity index (χ3v) is 1.37. The van der Waals surface area contributed by atoms with Gasteiger partial charge in [-0.25, -0.2) is 4.98 Å². The van der Waals surface area contributed by atoms with E-state index in [1.54, 1.807) is 6.20 Å². The molecule has 0 radical (unpaired) electrons. The maximum absolute atomic E-state index is 11.0. The van der Waals surface area contributed by atoms with Crippen molar-refractivity contribution in [3.05, 3.63) is 28.4 Å². The first-order valence-corrected chi connectivity index (χ1v) is 3.24. The molecule has 0 aliphatic carbocycles. The highest BCUT2D eigenvalue weighted by atomic mass is 16.1. The van der Waals surface area contributed by atoms with Gasteiger partial charge < -0.3 is 4.98 Å². The van der Waals surface area contributed by atoms with Crippen LogP contribution in [0.15, 0.2) is 17.3 Å². The second-order valence-electron chi connectivity index (χ2n) is 2.49. The fourth-order valence-corrected chi connectivity index (χ4v) is 0.767. The van der Waals surface area contributed by atoms with Crippen molar-refractivity contribution < 1.29 is 0 Å². The van der Waals surface area contributed by atoms with Crippen molar-refractivity contribution in [1.82, 2.24) is 9.97 Å². The van der Waals surface area contributed by atoms with Gasteiger partial charge in [0, 0.05) is 11.8 Å². The Balaban J connectivity index is 3.16. The van der Waals surface area contributed by atoms with Gasteiger partial charge in [-0.2, -0.15) is 0 Å². The van der Waals surface area contributed by atoms with Gasteiger partial charge in [0.2, 0.25) is 0 Å². The molecule has 3 heteroatoms. The molecule has 0 aliphatic rings. The lowest BCUT2D eigenvalue weighted by Crippen LogP contribution is -2.13. The van der Waals surface area contributed by atoms with Crippen molar-refractivity contribution in [2.24, 2.45) is 0 Å². The third-order valence-electron chi connectivity index (χ3n) is 1.37. The monoisotopic (exact) mass is 138 g/mol. The molecule has 0 fully saturated rings. The molecule has 1 aromatic heterocycles. The molecule has 1 N–H and O–H groups in total. The summed E-state index contributed by atoms with van der Waals surface area (Å²) in [7, 11) is 0. The summed E-state index contributed by atoms with van der Waals surface area (Å²) >= 11 is 0. The van der Waals surface area contributed by atoms with Crippen molar-refractivity contribution in [3.8, 4) is 0 Å². The number of hydrogen-bond acceptors (Lipinski definition) is 2. The molecule has 0 saturated carbocycles. The van der Waals surface area contributed by atoms with Gasteiger partial charge in [0.1, 0.15) is 0 Å². The molecule has 1 rings (SSSR count). The minimum absolute atomic E-state index is 0.0370. The van der Waals surface area contributed by atoms with E-state index in [4.69, 9.17) is 0 Å². The zero-order valence-electron chi connectivity index (χ0n) is 6.09. The van der Waals surface area contributed by atoms with E-state index in [0.29, 0.717) is 0 Å². The van der Waals surface area contributed by atoms with Crippen LogP contribution in [0.3, 0.4) is 0 Å². The quantitative estimate of drug-likeness (QED) is 0.626. The van der Waals surface area contributed by atoms with E-state index < -0.39 is 0 Å². The number of aromatic amines is 1. The van der Waals surface area contributed by atoms with Gasteiger partial charge in [-0.05, 0) is 5.92 Å². The van der Waals surface area contributed by atoms with Crippen LogP contribution in [0.4, 0.5) is 0 Å². The van der Waals surface area contributed by atoms with Gasteiger partial charge in [0.05, 0.1) is 6.33 Å². The van der Waals surface area contributed by atoms with Crippen LogP contribution in [-0.4, -0.2) is 9.97 Å². The number of nitrogens with zero attached hydrogens (tertiary/aromatic N) is 1. The molecule has 3 nitrogen and oxygen atoms in total. The zero-order chi connectivity index (χ0) is 7.56. The molecule has 10 heavy (non-hydrogen) atoms. The van der Waals surface area contributed by atoms with E-state index in [-0.39, 0.29) is 11.5 Å². The molecule has 0 aliphatic heterocycles. The molecule has 1 heterocycles. The van der Waals surface area contributed by atoms with E-state index in [9.17, 15) is 4.79 Å². The molecule has 0 unspecified atom stereocenters. The van der Waals surface area contributed by atoms with Crippen LogP contribution < -0.4 is 5.56 Å². The Kier molecular flexibility index (Phi) is 1.85. The lowest BCUT2D eigenvalue weighted by Gasteiger charge is -1.99. The number of hydrogen-bond donors (Lipinski definition) is 1. The fourth-order valence-electron chi connectivity index (χ4n) is 0.767. The second kappa shape index (κ2) is 2.64. The summed E-state index contributed by atoms with van der Waals surface area (Å²) in [6.07, 6.45) is 3.00. The van der Waals surface area contributed by atoms with Crippen LogP contribution in [-0.2, 0) is 0 Å². The Morgan fingerprint density at radius 1 is 1.60 bits per heavy atom. The van der Waals surface area contributed by atoms with Gasteiger partial charge in [0.25, 0.3) is 5.56 Å². The van der Waals surface area contributed by atoms with Crippen LogP contribution in [0.5, 0.6) is 0 Å². The highest BCUT2D eigenvalue weighted by molar-refractivity contribution is 5.07. The van der Waals surface area contributed by atoms with Gasteiger partial charge in [0.15, 0.2) is 0 Å². The van der Waals surface area contributed by atoms with Crippen molar-refractivity contribution in [3.63, 3.8) is 0 Å². The topological polar surface area (TPSA) is 45.8 Å². The van der Waals surface area contributed by atoms with Gasteiger partial charge in [-0.15, -0.1) is 0 Å². The molecule has 0 amide bonds. The van der Waals surface area contributed by atoms with E-state index in [1.165, 1.54) is 6.33 Å². The highest BCUT2D eigenvalue weighted by Gasteiger charge is 2.01. The fraction of sp³-hybridized carbons (Fsp3) is 0.429. The van der Waals surface area contributed by atoms with Crippen molar-refractivity contribution in [1.29, 1.82) is 0 Å². The summed E-state index contributed by atoms with van der Waals surface area (Å²) in [4.78, 5) is 17.3. The summed E-state index contributed by atoms with van der Waals surface area (Å²) < 4.78 is 0. The molecule has 54 valence electrons. The predicted octanol–water partition coefficient (Wildman–Crippen LogP) is 0.893. The summed E-state index contributed by atoms with van der Waals surface area (Å²) in [6, 6.07) is 0. The minimum Gasteiger partial charge on any atom is -0.313 e. The summed E-state index contributed by atoms with van der Waals surface area (Å²) in [6.45, 7) is 3.93. The van der Waals surface area contributed by atoms with Crippen molar-refractivity contribution >= 4 is 0 Å². The lowest BCUT2D eigenvalue weighted by molar-refractivity contribution is 0.829. The number of aromatic nitrogens is 2. The first-order chi connectivity index (χ1) is 4.72. The Morgan fingerprint density at radius 2 is 2.30 bits per heavy atom. The molecule has 0 saturated heterocycles. The first-order valence-electron chi connectivity index (χ1n) is 3.24. The van der Waals surface area contributed by atoms with Crippen molar-refractivity contribution in [2.45, 2.75) is 19.8 Å². The third kappa shape index (κ3) is 1.23. The highest BCUT2D eigenvalue weighted by Crippen LogP contribution is 2.05. The van der Waals surface area contributed by atoms with E-state index in [1.807, 2.05) is 13.8 Å². The van der Waals surface area contributed by atoms with E-state index in [0.717, 1.165) is 5.56 Å². The molecular weight excluding hydrogens is 128 g/mol. The molecule has 0 aromatic carbocycles. The molecule has 0 bridgehead atoms. The Morgan fingerprint density at radius 3 is 2.70 bits per heavy atom. The summed E-state index contributed by atoms with van der Waals surface area (Å²) in [5, 5.41) is 0. The van der Waals surface area contributed by atoms with Crippen LogP contribution in [0, 0.1) is 0 Å². The normalized spacial score (nSPS) is 10.3. The largest absolute Gasteiger partial charge is 0.313 e. The second-order valence-corrected chi connectivity index (χ2v) is 2.49. The maximum Gasteiger partial charge on any atom is 0.254 e. The standard InChI is InChI=1S/C7H10N2O/c1-5(2)6-3-8-4-9-7(6)10/h3-5H,1-2H3,(H,8,9,10). The van der Waals surface area contributed by atoms with Crippen LogP contribution in [0.2, 0.25) is 0 Å². The Labute approximate surface area is 59.1 Å². The predicted molar refractivity (Wildman–Crippen MR) is 38.9 cm³/mol. The SMILES string of the molecule is CC(C)c1cnc[nH]c1=O. The van der Waals surface area contributed by atoms with E-state index in [2.05, 4.69) is 9.97 Å². The molecule has 1 aromatic rings. The molecule has 0 spiro atoms. The van der Waals surface area contributed by atoms with Gasteiger partial charge in [-0.1, -0.05) is 13.8 Å². The van der Waals surface area contributed by atoms with Crippen LogP contribution >= 0.6 is 0 Å². The average Bonchev–Trinajstić information content (AvgIpc) is 1.88.